The molecule has 1 N–H and O–H groups in total. The summed E-state index contributed by atoms with van der Waals surface area (Å²) in [6.45, 7) is 4.18. The van der Waals surface area contributed by atoms with Crippen molar-refractivity contribution in [2.45, 2.75) is 26.5 Å². The summed E-state index contributed by atoms with van der Waals surface area (Å²) in [4.78, 5) is 23.6. The van der Waals surface area contributed by atoms with E-state index < -0.39 is 6.10 Å². The summed E-state index contributed by atoms with van der Waals surface area (Å²) in [5.41, 5.74) is 0.831. The van der Waals surface area contributed by atoms with E-state index >= 15 is 0 Å². The van der Waals surface area contributed by atoms with Crippen LogP contribution in [0.4, 0.5) is 0 Å². The number of aryl methyl sites for hydroxylation is 1. The number of rotatable bonds is 7. The number of benzene rings is 1. The van der Waals surface area contributed by atoms with Crippen molar-refractivity contribution in [1.29, 1.82) is 0 Å². The lowest BCUT2D eigenvalue weighted by Crippen LogP contribution is -2.39. The Kier molecular flexibility index (Phi) is 5.95. The zero-order valence-electron chi connectivity index (χ0n) is 14.0. The second-order valence-electron chi connectivity index (χ2n) is 5.29. The molecule has 1 heterocycles. The predicted octanol–water partition coefficient (Wildman–Crippen LogP) is 1.14. The molecule has 0 aliphatic carbocycles. The minimum atomic E-state index is -0.693. The van der Waals surface area contributed by atoms with Crippen molar-refractivity contribution in [3.8, 4) is 11.5 Å². The number of hydrogen-bond acceptors (Lipinski definition) is 5. The fourth-order valence-corrected chi connectivity index (χ4v) is 2.10. The Bertz CT molecular complexity index is 757. The maximum Gasteiger partial charge on any atom is 0.266 e. The molecule has 7 nitrogen and oxygen atoms in total. The van der Waals surface area contributed by atoms with Crippen molar-refractivity contribution in [3.05, 3.63) is 52.4 Å². The van der Waals surface area contributed by atoms with Gasteiger partial charge in [0.2, 0.25) is 0 Å². The molecule has 2 aromatic rings. The number of amides is 1. The lowest BCUT2D eigenvalue weighted by Gasteiger charge is -2.17. The maximum absolute atomic E-state index is 12.1. The molecule has 0 aliphatic heterocycles. The van der Waals surface area contributed by atoms with Gasteiger partial charge in [0.15, 0.2) is 17.6 Å². The van der Waals surface area contributed by atoms with E-state index in [4.69, 9.17) is 9.47 Å². The van der Waals surface area contributed by atoms with Crippen LogP contribution in [0.15, 0.2) is 41.3 Å². The Labute approximate surface area is 140 Å². The van der Waals surface area contributed by atoms with Crippen LogP contribution in [0.3, 0.4) is 0 Å². The van der Waals surface area contributed by atoms with Gasteiger partial charge < -0.3 is 14.8 Å². The standard InChI is InChI=1S/C17H21N3O4/c1-12-6-7-14(15(11-12)23-3)24-13(2)17(22)18-9-10-20-16(21)5-4-8-19-20/h4-8,11,13H,9-10H2,1-3H3,(H,18,22). The van der Waals surface area contributed by atoms with Gasteiger partial charge in [0, 0.05) is 18.8 Å². The minimum absolute atomic E-state index is 0.208. The Morgan fingerprint density at radius 3 is 2.83 bits per heavy atom. The highest BCUT2D eigenvalue weighted by Gasteiger charge is 2.16. The molecule has 1 atom stereocenters. The number of carbonyl (C=O) groups is 1. The normalized spacial score (nSPS) is 11.6. The largest absolute Gasteiger partial charge is 0.493 e. The smallest absolute Gasteiger partial charge is 0.266 e. The predicted molar refractivity (Wildman–Crippen MR) is 89.3 cm³/mol. The topological polar surface area (TPSA) is 82.4 Å². The first-order chi connectivity index (χ1) is 11.5. The molecule has 128 valence electrons. The van der Waals surface area contributed by atoms with Gasteiger partial charge in [-0.1, -0.05) is 6.07 Å². The average molecular weight is 331 g/mol. The molecule has 0 saturated carbocycles. The molecule has 24 heavy (non-hydrogen) atoms. The quantitative estimate of drug-likeness (QED) is 0.823. The maximum atomic E-state index is 12.1. The molecule has 0 aliphatic rings. The van der Waals surface area contributed by atoms with Crippen molar-refractivity contribution in [2.75, 3.05) is 13.7 Å². The third kappa shape index (κ3) is 4.58. The van der Waals surface area contributed by atoms with Crippen molar-refractivity contribution < 1.29 is 14.3 Å². The van der Waals surface area contributed by atoms with E-state index in [2.05, 4.69) is 10.4 Å². The molecule has 1 aromatic heterocycles. The zero-order valence-corrected chi connectivity index (χ0v) is 14.0. The van der Waals surface area contributed by atoms with E-state index in [0.29, 0.717) is 18.0 Å². The first-order valence-electron chi connectivity index (χ1n) is 7.62. The van der Waals surface area contributed by atoms with E-state index in [0.717, 1.165) is 5.56 Å². The van der Waals surface area contributed by atoms with Crippen LogP contribution < -0.4 is 20.3 Å². The van der Waals surface area contributed by atoms with E-state index in [9.17, 15) is 9.59 Å². The number of nitrogens with zero attached hydrogens (tertiary/aromatic N) is 2. The van der Waals surface area contributed by atoms with E-state index in [1.165, 1.54) is 16.9 Å². The van der Waals surface area contributed by atoms with Crippen molar-refractivity contribution in [3.63, 3.8) is 0 Å². The number of ether oxygens (including phenoxy) is 2. The molecule has 7 heteroatoms. The molecule has 0 radical (unpaired) electrons. The van der Waals surface area contributed by atoms with Gasteiger partial charge in [0.05, 0.1) is 13.7 Å². The van der Waals surface area contributed by atoms with Gasteiger partial charge in [-0.05, 0) is 37.6 Å². The summed E-state index contributed by atoms with van der Waals surface area (Å²) in [6.07, 6.45) is 0.834. The summed E-state index contributed by atoms with van der Waals surface area (Å²) >= 11 is 0. The Morgan fingerprint density at radius 2 is 2.12 bits per heavy atom. The van der Waals surface area contributed by atoms with Crippen molar-refractivity contribution in [1.82, 2.24) is 15.1 Å². The Hall–Kier alpha value is -2.83. The van der Waals surface area contributed by atoms with Gasteiger partial charge in [0.25, 0.3) is 11.5 Å². The average Bonchev–Trinajstić information content (AvgIpc) is 2.57. The Morgan fingerprint density at radius 1 is 1.33 bits per heavy atom. The lowest BCUT2D eigenvalue weighted by atomic mass is 10.2. The van der Waals surface area contributed by atoms with Crippen LogP contribution in [-0.2, 0) is 11.3 Å². The number of aromatic nitrogens is 2. The highest BCUT2D eigenvalue weighted by Crippen LogP contribution is 2.28. The second-order valence-corrected chi connectivity index (χ2v) is 5.29. The first-order valence-corrected chi connectivity index (χ1v) is 7.62. The number of carbonyl (C=O) groups excluding carboxylic acids is 1. The van der Waals surface area contributed by atoms with Crippen LogP contribution in [0.5, 0.6) is 11.5 Å². The van der Waals surface area contributed by atoms with Crippen molar-refractivity contribution in [2.24, 2.45) is 0 Å². The van der Waals surface area contributed by atoms with Crippen LogP contribution in [0, 0.1) is 6.92 Å². The van der Waals surface area contributed by atoms with Crippen LogP contribution in [-0.4, -0.2) is 35.4 Å². The number of hydrogen-bond donors (Lipinski definition) is 1. The molecule has 0 bridgehead atoms. The molecule has 1 unspecified atom stereocenters. The number of methoxy groups -OCH3 is 1. The first kappa shape index (κ1) is 17.5. The molecule has 1 aromatic carbocycles. The molecule has 0 fully saturated rings. The molecular formula is C17H21N3O4. The monoisotopic (exact) mass is 331 g/mol. The summed E-state index contributed by atoms with van der Waals surface area (Å²) in [6, 6.07) is 8.49. The number of nitrogens with one attached hydrogen (secondary N) is 1. The van der Waals surface area contributed by atoms with Crippen LogP contribution in [0.1, 0.15) is 12.5 Å². The van der Waals surface area contributed by atoms with Gasteiger partial charge in [-0.15, -0.1) is 0 Å². The molecule has 1 amide bonds. The second kappa shape index (κ2) is 8.14. The summed E-state index contributed by atoms with van der Waals surface area (Å²) in [5, 5.41) is 6.65. The fourth-order valence-electron chi connectivity index (χ4n) is 2.10. The third-order valence-electron chi connectivity index (χ3n) is 3.40. The van der Waals surface area contributed by atoms with Gasteiger partial charge in [-0.2, -0.15) is 5.10 Å². The van der Waals surface area contributed by atoms with Crippen LogP contribution in [0.2, 0.25) is 0 Å². The lowest BCUT2D eigenvalue weighted by molar-refractivity contribution is -0.127. The van der Waals surface area contributed by atoms with Gasteiger partial charge in [-0.25, -0.2) is 4.68 Å². The minimum Gasteiger partial charge on any atom is -0.493 e. The highest BCUT2D eigenvalue weighted by molar-refractivity contribution is 5.80. The van der Waals surface area contributed by atoms with Gasteiger partial charge in [0.1, 0.15) is 0 Å². The van der Waals surface area contributed by atoms with E-state index in [1.54, 1.807) is 26.2 Å². The Balaban J connectivity index is 1.88. The molecular weight excluding hydrogens is 310 g/mol. The van der Waals surface area contributed by atoms with Crippen LogP contribution in [0.25, 0.3) is 0 Å². The third-order valence-corrected chi connectivity index (χ3v) is 3.40. The van der Waals surface area contributed by atoms with Gasteiger partial charge >= 0.3 is 0 Å². The fraction of sp³-hybridized carbons (Fsp3) is 0.353. The van der Waals surface area contributed by atoms with Crippen LogP contribution >= 0.6 is 0 Å². The summed E-state index contributed by atoms with van der Waals surface area (Å²) in [7, 11) is 1.55. The highest BCUT2D eigenvalue weighted by atomic mass is 16.5. The van der Waals surface area contributed by atoms with E-state index in [-0.39, 0.29) is 18.0 Å². The summed E-state index contributed by atoms with van der Waals surface area (Å²) in [5.74, 6) is 0.808. The van der Waals surface area contributed by atoms with Crippen molar-refractivity contribution >= 4 is 5.91 Å². The summed E-state index contributed by atoms with van der Waals surface area (Å²) < 4.78 is 12.2. The molecule has 0 spiro atoms. The zero-order chi connectivity index (χ0) is 17.5. The SMILES string of the molecule is COc1cc(C)ccc1OC(C)C(=O)NCCn1ncccc1=O. The van der Waals surface area contributed by atoms with Gasteiger partial charge in [-0.3, -0.25) is 9.59 Å². The molecule has 0 saturated heterocycles. The molecule has 2 rings (SSSR count). The van der Waals surface area contributed by atoms with E-state index in [1.807, 2.05) is 19.1 Å².